The molecule has 0 saturated carbocycles. The van der Waals surface area contributed by atoms with Crippen molar-refractivity contribution in [3.8, 4) is 11.8 Å². The fraction of sp³-hybridized carbons (Fsp3) is 0.125. The van der Waals surface area contributed by atoms with E-state index in [9.17, 15) is 26.7 Å². The minimum atomic E-state index is -2.22. The molecule has 1 heterocycles. The Bertz CT molecular complexity index is 1020. The van der Waals surface area contributed by atoms with E-state index in [1.807, 2.05) is 0 Å². The van der Waals surface area contributed by atoms with Gasteiger partial charge in [-0.1, -0.05) is 5.10 Å². The first kappa shape index (κ1) is 18.4. The molecule has 0 aliphatic heterocycles. The lowest BCUT2D eigenvalue weighted by Crippen LogP contribution is -2.13. The highest BCUT2D eigenvalue weighted by molar-refractivity contribution is 5.49. The molecule has 0 fully saturated rings. The quantitative estimate of drug-likeness (QED) is 0.414. The van der Waals surface area contributed by atoms with Gasteiger partial charge in [-0.2, -0.15) is 4.68 Å². The van der Waals surface area contributed by atoms with Gasteiger partial charge in [-0.05, 0) is 24.3 Å². The minimum absolute atomic E-state index is 0.242. The van der Waals surface area contributed by atoms with Crippen LogP contribution in [0.3, 0.4) is 0 Å². The van der Waals surface area contributed by atoms with Crippen molar-refractivity contribution in [2.75, 3.05) is 12.4 Å². The molecule has 1 N–H and O–H groups in total. The fourth-order valence-electron chi connectivity index (χ4n) is 2.22. The average molecular weight is 387 g/mol. The summed E-state index contributed by atoms with van der Waals surface area (Å²) in [6.07, 6.45) is -0.242. The van der Waals surface area contributed by atoms with Crippen molar-refractivity contribution < 1.29 is 31.1 Å². The largest absolute Gasteiger partial charge is 0.452 e. The van der Waals surface area contributed by atoms with E-state index in [1.165, 1.54) is 31.4 Å². The normalized spacial score (nSPS) is 10.9. The molecule has 0 radical (unpaired) electrons. The Balaban J connectivity index is 1.80. The van der Waals surface area contributed by atoms with Crippen LogP contribution in [-0.4, -0.2) is 16.9 Å². The second-order valence-corrected chi connectivity index (χ2v) is 5.20. The molecule has 0 spiro atoms. The molecule has 2 aromatic carbocycles. The molecule has 6 nitrogen and oxygen atoms in total. The molecule has 3 rings (SSSR count). The lowest BCUT2D eigenvalue weighted by Gasteiger charge is -2.10. The van der Waals surface area contributed by atoms with Crippen LogP contribution in [0, 0.1) is 29.1 Å². The molecular weight excluding hydrogens is 377 g/mol. The third-order valence-corrected chi connectivity index (χ3v) is 3.59. The Labute approximate surface area is 147 Å². The lowest BCUT2D eigenvalue weighted by atomic mass is 10.1. The maximum absolute atomic E-state index is 13.6. The van der Waals surface area contributed by atoms with Crippen molar-refractivity contribution in [1.29, 1.82) is 0 Å². The van der Waals surface area contributed by atoms with E-state index in [1.54, 1.807) is 0 Å². The van der Waals surface area contributed by atoms with Crippen molar-refractivity contribution in [1.82, 2.24) is 9.78 Å². The Morgan fingerprint density at radius 3 is 2.07 bits per heavy atom. The van der Waals surface area contributed by atoms with Gasteiger partial charge < -0.3 is 14.5 Å². The number of rotatable bonds is 5. The van der Waals surface area contributed by atoms with Crippen molar-refractivity contribution in [2.24, 2.45) is 0 Å². The van der Waals surface area contributed by atoms with E-state index in [0.717, 1.165) is 4.68 Å². The third kappa shape index (κ3) is 3.35. The first-order valence-electron chi connectivity index (χ1n) is 7.32. The second-order valence-electron chi connectivity index (χ2n) is 5.20. The number of nitrogens with zero attached hydrogens (tertiary/aromatic N) is 2. The number of halogens is 5. The molecule has 1 aromatic heterocycles. The summed E-state index contributed by atoms with van der Waals surface area (Å²) in [5.74, 6) is -10.9. The van der Waals surface area contributed by atoms with Gasteiger partial charge in [-0.25, -0.2) is 26.7 Å². The van der Waals surface area contributed by atoms with Crippen LogP contribution in [0.2, 0.25) is 0 Å². The Hall–Kier alpha value is -3.37. The number of ether oxygens (including phenoxy) is 1. The monoisotopic (exact) mass is 387 g/mol. The number of benzene rings is 2. The predicted octanol–water partition coefficient (Wildman–Crippen LogP) is 3.14. The second kappa shape index (κ2) is 7.09. The summed E-state index contributed by atoms with van der Waals surface area (Å²) in [4.78, 5) is 11.6. The van der Waals surface area contributed by atoms with Crippen molar-refractivity contribution >= 4 is 5.69 Å². The predicted molar refractivity (Wildman–Crippen MR) is 82.2 cm³/mol. The van der Waals surface area contributed by atoms with E-state index in [-0.39, 0.29) is 6.08 Å². The first-order valence-corrected chi connectivity index (χ1v) is 7.32. The number of anilines is 1. The van der Waals surface area contributed by atoms with Crippen LogP contribution >= 0.6 is 0 Å². The van der Waals surface area contributed by atoms with Gasteiger partial charge >= 0.3 is 11.8 Å². The van der Waals surface area contributed by atoms with Gasteiger partial charge in [0.05, 0.1) is 12.8 Å². The highest BCUT2D eigenvalue weighted by Crippen LogP contribution is 2.24. The summed E-state index contributed by atoms with van der Waals surface area (Å²) in [5, 5.41) is 6.28. The van der Waals surface area contributed by atoms with Gasteiger partial charge in [0.2, 0.25) is 5.82 Å². The van der Waals surface area contributed by atoms with Crippen molar-refractivity contribution in [2.45, 2.75) is 6.54 Å². The molecule has 0 aliphatic rings. The van der Waals surface area contributed by atoms with E-state index in [0.29, 0.717) is 11.4 Å². The number of aromatic nitrogens is 2. The molecule has 0 unspecified atom stereocenters. The molecule has 0 amide bonds. The maximum Gasteiger partial charge on any atom is 0.444 e. The van der Waals surface area contributed by atoms with Crippen LogP contribution < -0.4 is 15.8 Å². The Kier molecular flexibility index (Phi) is 4.84. The summed E-state index contributed by atoms with van der Waals surface area (Å²) in [6, 6.07) is 5.67. The van der Waals surface area contributed by atoms with Crippen molar-refractivity contribution in [3.63, 3.8) is 0 Å². The van der Waals surface area contributed by atoms with Crippen LogP contribution in [0.25, 0.3) is 5.69 Å². The van der Waals surface area contributed by atoms with Gasteiger partial charge in [0.1, 0.15) is 0 Å². The lowest BCUT2D eigenvalue weighted by molar-refractivity contribution is 0.282. The summed E-state index contributed by atoms with van der Waals surface area (Å²) < 4.78 is 77.0. The van der Waals surface area contributed by atoms with Gasteiger partial charge in [0, 0.05) is 17.8 Å². The van der Waals surface area contributed by atoms with Crippen molar-refractivity contribution in [3.05, 3.63) is 69.5 Å². The molecule has 3 aromatic rings. The van der Waals surface area contributed by atoms with Gasteiger partial charge in [-0.15, -0.1) is 0 Å². The highest BCUT2D eigenvalue weighted by atomic mass is 19.2. The van der Waals surface area contributed by atoms with E-state index < -0.39 is 47.0 Å². The summed E-state index contributed by atoms with van der Waals surface area (Å²) in [5.41, 5.74) is -0.395. The molecule has 0 saturated heterocycles. The first-order chi connectivity index (χ1) is 12.8. The smallest absolute Gasteiger partial charge is 0.444 e. The van der Waals surface area contributed by atoms with Crippen LogP contribution in [0.5, 0.6) is 6.08 Å². The minimum Gasteiger partial charge on any atom is -0.452 e. The van der Waals surface area contributed by atoms with Crippen LogP contribution in [0.1, 0.15) is 5.56 Å². The topological polar surface area (TPSA) is 69.3 Å². The molecule has 0 bridgehead atoms. The van der Waals surface area contributed by atoms with Crippen LogP contribution in [-0.2, 0) is 6.54 Å². The zero-order valence-corrected chi connectivity index (χ0v) is 13.5. The Morgan fingerprint density at radius 2 is 1.56 bits per heavy atom. The molecule has 0 aliphatic carbocycles. The van der Waals surface area contributed by atoms with E-state index >= 15 is 0 Å². The standard InChI is InChI=1S/C16H10F5N3O3/c1-26-15-23-24(16(25)27-15)8-4-2-7(3-5-8)22-6-9-10(17)12(19)14(21)13(20)11(9)18/h2-5,22H,6H2,1H3. The average Bonchev–Trinajstić information content (AvgIpc) is 3.06. The van der Waals surface area contributed by atoms with Crippen LogP contribution in [0.4, 0.5) is 27.6 Å². The van der Waals surface area contributed by atoms with Gasteiger partial charge in [0.15, 0.2) is 23.3 Å². The molecule has 27 heavy (non-hydrogen) atoms. The number of nitrogens with one attached hydrogen (secondary N) is 1. The fourth-order valence-corrected chi connectivity index (χ4v) is 2.22. The SMILES string of the molecule is COc1nn(-c2ccc(NCc3c(F)c(F)c(F)c(F)c3F)cc2)c(=O)o1. The number of methoxy groups -OCH3 is 1. The molecule has 11 heteroatoms. The van der Waals surface area contributed by atoms with Gasteiger partial charge in [0.25, 0.3) is 0 Å². The summed E-state index contributed by atoms with van der Waals surface area (Å²) in [6.45, 7) is -0.650. The molecule has 0 atom stereocenters. The molecule has 142 valence electrons. The summed E-state index contributed by atoms with van der Waals surface area (Å²) in [7, 11) is 1.27. The molecular formula is C16H10F5N3O3. The third-order valence-electron chi connectivity index (χ3n) is 3.59. The van der Waals surface area contributed by atoms with E-state index in [2.05, 4.69) is 19.6 Å². The summed E-state index contributed by atoms with van der Waals surface area (Å²) >= 11 is 0. The zero-order valence-electron chi connectivity index (χ0n) is 13.5. The Morgan fingerprint density at radius 1 is 1.00 bits per heavy atom. The number of hydrogen-bond donors (Lipinski definition) is 1. The zero-order chi connectivity index (χ0) is 19.7. The highest BCUT2D eigenvalue weighted by Gasteiger charge is 2.25. The maximum atomic E-state index is 13.6. The van der Waals surface area contributed by atoms with Gasteiger partial charge in [-0.3, -0.25) is 0 Å². The number of hydrogen-bond acceptors (Lipinski definition) is 5. The van der Waals surface area contributed by atoms with Crippen LogP contribution in [0.15, 0.2) is 33.5 Å². The van der Waals surface area contributed by atoms with E-state index in [4.69, 9.17) is 0 Å².